The van der Waals surface area contributed by atoms with Crippen LogP contribution in [0.5, 0.6) is 0 Å². The van der Waals surface area contributed by atoms with E-state index >= 15 is 0 Å². The number of hydrogen-bond donors (Lipinski definition) is 1. The van der Waals surface area contributed by atoms with Crippen LogP contribution in [0, 0.1) is 0 Å². The highest BCUT2D eigenvalue weighted by atomic mass is 19.4. The fourth-order valence-corrected chi connectivity index (χ4v) is 3.51. The highest BCUT2D eigenvalue weighted by Crippen LogP contribution is 2.43. The summed E-state index contributed by atoms with van der Waals surface area (Å²) in [5.74, 6) is -0.726. The maximum atomic E-state index is 13.1. The molecule has 0 unspecified atom stereocenters. The monoisotopic (exact) mass is 442 g/mol. The van der Waals surface area contributed by atoms with E-state index in [2.05, 4.69) is 10.4 Å². The zero-order valence-electron chi connectivity index (χ0n) is 17.3. The minimum absolute atomic E-state index is 0.0394. The van der Waals surface area contributed by atoms with Gasteiger partial charge in [0.05, 0.1) is 35.2 Å². The molecule has 9 heteroatoms. The molecule has 2 amide bonds. The Bertz CT molecular complexity index is 1140. The molecule has 0 atom stereocenters. The van der Waals surface area contributed by atoms with Crippen molar-refractivity contribution in [3.63, 3.8) is 0 Å². The van der Waals surface area contributed by atoms with Crippen LogP contribution in [0.25, 0.3) is 5.69 Å². The molecular formula is C23H21F3N4O2. The van der Waals surface area contributed by atoms with Gasteiger partial charge in [-0.15, -0.1) is 0 Å². The second kappa shape index (κ2) is 8.49. The minimum atomic E-state index is -4.48. The van der Waals surface area contributed by atoms with Gasteiger partial charge in [-0.1, -0.05) is 24.3 Å². The van der Waals surface area contributed by atoms with Crippen LogP contribution in [-0.4, -0.2) is 40.1 Å². The first-order chi connectivity index (χ1) is 15.2. The standard InChI is InChI=1S/C23H21F3N4O2/c1-29(14-20(31)28-17-7-3-2-4-8-17)22(32)19-13-27-30(21(19)15-10-11-15)18-9-5-6-16(12-18)23(24,25)26/h2-9,12-13,15H,10-11,14H2,1H3,(H,28,31). The minimum Gasteiger partial charge on any atom is -0.332 e. The summed E-state index contributed by atoms with van der Waals surface area (Å²) in [5.41, 5.74) is 0.944. The molecule has 1 N–H and O–H groups in total. The number of likely N-dealkylation sites (N-methyl/N-ethyl adjacent to an activating group) is 1. The first-order valence-corrected chi connectivity index (χ1v) is 10.1. The number of carbonyl (C=O) groups excluding carboxylic acids is 2. The van der Waals surface area contributed by atoms with Crippen LogP contribution >= 0.6 is 0 Å². The molecule has 0 aliphatic heterocycles. The Morgan fingerprint density at radius 3 is 2.50 bits per heavy atom. The van der Waals surface area contributed by atoms with E-state index in [9.17, 15) is 22.8 Å². The molecule has 1 heterocycles. The lowest BCUT2D eigenvalue weighted by Gasteiger charge is -2.17. The number of hydrogen-bond acceptors (Lipinski definition) is 3. The highest BCUT2D eigenvalue weighted by Gasteiger charge is 2.35. The smallest absolute Gasteiger partial charge is 0.332 e. The number of amides is 2. The van der Waals surface area contributed by atoms with Crippen LogP contribution in [0.1, 0.15) is 40.4 Å². The average Bonchev–Trinajstić information content (AvgIpc) is 3.51. The summed E-state index contributed by atoms with van der Waals surface area (Å²) in [7, 11) is 1.51. The van der Waals surface area contributed by atoms with Crippen molar-refractivity contribution in [3.05, 3.63) is 77.6 Å². The van der Waals surface area contributed by atoms with Crippen molar-refractivity contribution in [2.75, 3.05) is 18.9 Å². The van der Waals surface area contributed by atoms with Crippen LogP contribution in [0.3, 0.4) is 0 Å². The van der Waals surface area contributed by atoms with E-state index in [4.69, 9.17) is 0 Å². The third-order valence-corrected chi connectivity index (χ3v) is 5.20. The maximum absolute atomic E-state index is 13.1. The number of para-hydroxylation sites is 1. The lowest BCUT2D eigenvalue weighted by molar-refractivity contribution is -0.137. The molecule has 166 valence electrons. The van der Waals surface area contributed by atoms with Gasteiger partial charge in [0.25, 0.3) is 5.91 Å². The van der Waals surface area contributed by atoms with Crippen molar-refractivity contribution in [2.24, 2.45) is 0 Å². The SMILES string of the molecule is CN(CC(=O)Nc1ccccc1)C(=O)c1cnn(-c2cccc(C(F)(F)F)c2)c1C1CC1. The molecule has 1 aromatic heterocycles. The molecule has 2 aromatic carbocycles. The predicted molar refractivity (Wildman–Crippen MR) is 113 cm³/mol. The summed E-state index contributed by atoms with van der Waals surface area (Å²) in [6, 6.07) is 13.7. The Hall–Kier alpha value is -3.62. The summed E-state index contributed by atoms with van der Waals surface area (Å²) in [4.78, 5) is 26.7. The number of halogens is 3. The summed E-state index contributed by atoms with van der Waals surface area (Å²) in [6.45, 7) is -0.174. The molecule has 6 nitrogen and oxygen atoms in total. The van der Waals surface area contributed by atoms with E-state index in [1.54, 1.807) is 24.3 Å². The topological polar surface area (TPSA) is 67.2 Å². The van der Waals surface area contributed by atoms with Crippen LogP contribution in [0.4, 0.5) is 18.9 Å². The van der Waals surface area contributed by atoms with Gasteiger partial charge in [0.15, 0.2) is 0 Å². The Kier molecular flexibility index (Phi) is 5.73. The van der Waals surface area contributed by atoms with Gasteiger partial charge in [0.2, 0.25) is 5.91 Å². The zero-order valence-corrected chi connectivity index (χ0v) is 17.3. The summed E-state index contributed by atoms with van der Waals surface area (Å²) in [5, 5.41) is 6.94. The number of nitrogens with zero attached hydrogens (tertiary/aromatic N) is 3. The van der Waals surface area contributed by atoms with Crippen molar-refractivity contribution in [3.8, 4) is 5.69 Å². The average molecular weight is 442 g/mol. The second-order valence-corrected chi connectivity index (χ2v) is 7.75. The third-order valence-electron chi connectivity index (χ3n) is 5.20. The van der Waals surface area contributed by atoms with Gasteiger partial charge >= 0.3 is 6.18 Å². The van der Waals surface area contributed by atoms with Crippen molar-refractivity contribution in [1.29, 1.82) is 0 Å². The molecular weight excluding hydrogens is 421 g/mol. The van der Waals surface area contributed by atoms with Crippen molar-refractivity contribution < 1.29 is 22.8 Å². The number of aromatic nitrogens is 2. The summed E-state index contributed by atoms with van der Waals surface area (Å²) < 4.78 is 40.8. The molecule has 1 aliphatic carbocycles. The van der Waals surface area contributed by atoms with Gasteiger partial charge < -0.3 is 10.2 Å². The van der Waals surface area contributed by atoms with E-state index < -0.39 is 17.6 Å². The number of carbonyl (C=O) groups is 2. The van der Waals surface area contributed by atoms with Gasteiger partial charge in [0.1, 0.15) is 0 Å². The Morgan fingerprint density at radius 2 is 1.84 bits per heavy atom. The van der Waals surface area contributed by atoms with E-state index in [0.717, 1.165) is 25.0 Å². The molecule has 4 rings (SSSR count). The lowest BCUT2D eigenvalue weighted by atomic mass is 10.1. The predicted octanol–water partition coefficient (Wildman–Crippen LogP) is 4.48. The van der Waals surface area contributed by atoms with Gasteiger partial charge in [0, 0.05) is 18.7 Å². The first kappa shape index (κ1) is 21.6. The molecule has 0 saturated heterocycles. The van der Waals surface area contributed by atoms with Crippen molar-refractivity contribution >= 4 is 17.5 Å². The third kappa shape index (κ3) is 4.66. The molecule has 0 spiro atoms. The number of rotatable bonds is 6. The van der Waals surface area contributed by atoms with E-state index in [-0.39, 0.29) is 24.1 Å². The fourth-order valence-electron chi connectivity index (χ4n) is 3.51. The number of anilines is 1. The summed E-state index contributed by atoms with van der Waals surface area (Å²) >= 11 is 0. The van der Waals surface area contributed by atoms with Crippen LogP contribution in [-0.2, 0) is 11.0 Å². The lowest BCUT2D eigenvalue weighted by Crippen LogP contribution is -2.35. The summed E-state index contributed by atoms with van der Waals surface area (Å²) in [6.07, 6.45) is -1.47. The van der Waals surface area contributed by atoms with Gasteiger partial charge in [-0.05, 0) is 43.2 Å². The molecule has 0 bridgehead atoms. The van der Waals surface area contributed by atoms with E-state index in [1.165, 1.54) is 35.0 Å². The molecule has 32 heavy (non-hydrogen) atoms. The molecule has 0 radical (unpaired) electrons. The van der Waals surface area contributed by atoms with Gasteiger partial charge in [-0.3, -0.25) is 9.59 Å². The Balaban J connectivity index is 1.56. The normalized spacial score (nSPS) is 13.6. The van der Waals surface area contributed by atoms with Gasteiger partial charge in [-0.25, -0.2) is 4.68 Å². The molecule has 1 saturated carbocycles. The Labute approximate surface area is 182 Å². The van der Waals surface area contributed by atoms with Crippen LogP contribution in [0.2, 0.25) is 0 Å². The number of nitrogens with one attached hydrogen (secondary N) is 1. The second-order valence-electron chi connectivity index (χ2n) is 7.75. The van der Waals surface area contributed by atoms with Crippen LogP contribution in [0.15, 0.2) is 60.8 Å². The largest absolute Gasteiger partial charge is 0.416 e. The van der Waals surface area contributed by atoms with Crippen LogP contribution < -0.4 is 5.32 Å². The fraction of sp³-hybridized carbons (Fsp3) is 0.261. The van der Waals surface area contributed by atoms with Crippen molar-refractivity contribution in [1.82, 2.24) is 14.7 Å². The number of alkyl halides is 3. The molecule has 1 fully saturated rings. The quantitative estimate of drug-likeness (QED) is 0.612. The van der Waals surface area contributed by atoms with Crippen molar-refractivity contribution in [2.45, 2.75) is 24.9 Å². The molecule has 3 aromatic rings. The first-order valence-electron chi connectivity index (χ1n) is 10.1. The van der Waals surface area contributed by atoms with E-state index in [0.29, 0.717) is 16.9 Å². The maximum Gasteiger partial charge on any atom is 0.416 e. The molecule has 1 aliphatic rings. The number of benzene rings is 2. The Morgan fingerprint density at radius 1 is 1.12 bits per heavy atom. The van der Waals surface area contributed by atoms with Gasteiger partial charge in [-0.2, -0.15) is 18.3 Å². The zero-order chi connectivity index (χ0) is 22.9. The highest BCUT2D eigenvalue weighted by molar-refractivity contribution is 6.00. The van der Waals surface area contributed by atoms with E-state index in [1.807, 2.05) is 6.07 Å².